The molecule has 0 aromatic heterocycles. The Morgan fingerprint density at radius 1 is 0.950 bits per heavy atom. The molecule has 0 spiro atoms. The van der Waals surface area contributed by atoms with E-state index in [1.165, 1.54) is 30.4 Å². The SMILES string of the molecule is Brc1ccc2c3c1[C@@H]1C=CC[C@@H]1CN3C[C@@H]1CC=C[C@@H]21. The molecule has 1 aromatic rings. The Bertz CT molecular complexity index is 643. The predicted molar refractivity (Wildman–Crippen MR) is 86.3 cm³/mol. The predicted octanol–water partition coefficient (Wildman–Crippen LogP) is 4.60. The van der Waals surface area contributed by atoms with Crippen LogP contribution < -0.4 is 4.90 Å². The number of hydrogen-bond acceptors (Lipinski definition) is 1. The molecular formula is C18H18BrN. The molecule has 4 aliphatic rings. The number of benzene rings is 1. The largest absolute Gasteiger partial charge is 0.370 e. The highest BCUT2D eigenvalue weighted by Gasteiger charge is 2.42. The van der Waals surface area contributed by atoms with Crippen molar-refractivity contribution in [2.45, 2.75) is 24.7 Å². The third-order valence-corrected chi connectivity index (χ3v) is 6.39. The Hall–Kier alpha value is -1.02. The van der Waals surface area contributed by atoms with Gasteiger partial charge in [0.25, 0.3) is 0 Å². The highest BCUT2D eigenvalue weighted by Crippen LogP contribution is 2.54. The summed E-state index contributed by atoms with van der Waals surface area (Å²) in [5.41, 5.74) is 4.69. The van der Waals surface area contributed by atoms with E-state index in [9.17, 15) is 0 Å². The van der Waals surface area contributed by atoms with E-state index in [4.69, 9.17) is 0 Å². The van der Waals surface area contributed by atoms with Gasteiger partial charge in [-0.3, -0.25) is 0 Å². The zero-order valence-electron chi connectivity index (χ0n) is 11.4. The minimum absolute atomic E-state index is 0.637. The summed E-state index contributed by atoms with van der Waals surface area (Å²) >= 11 is 3.83. The summed E-state index contributed by atoms with van der Waals surface area (Å²) in [4.78, 5) is 2.69. The number of allylic oxidation sites excluding steroid dienone is 4. The summed E-state index contributed by atoms with van der Waals surface area (Å²) in [5, 5.41) is 0. The van der Waals surface area contributed by atoms with Crippen molar-refractivity contribution < 1.29 is 0 Å². The van der Waals surface area contributed by atoms with Gasteiger partial charge in [-0.2, -0.15) is 0 Å². The van der Waals surface area contributed by atoms with Crippen LogP contribution in [0.25, 0.3) is 0 Å². The zero-order chi connectivity index (χ0) is 13.3. The zero-order valence-corrected chi connectivity index (χ0v) is 13.0. The molecule has 4 atom stereocenters. The molecule has 0 fully saturated rings. The van der Waals surface area contributed by atoms with Crippen LogP contribution in [-0.4, -0.2) is 13.1 Å². The molecule has 2 heteroatoms. The van der Waals surface area contributed by atoms with Crippen molar-refractivity contribution in [3.8, 4) is 0 Å². The summed E-state index contributed by atoms with van der Waals surface area (Å²) in [6, 6.07) is 4.65. The second kappa shape index (κ2) is 4.00. The van der Waals surface area contributed by atoms with Crippen molar-refractivity contribution in [2.24, 2.45) is 11.8 Å². The summed E-state index contributed by atoms with van der Waals surface area (Å²) in [6.07, 6.45) is 12.2. The average Bonchev–Trinajstić information content (AvgIpc) is 3.08. The molecule has 0 saturated heterocycles. The van der Waals surface area contributed by atoms with E-state index >= 15 is 0 Å². The van der Waals surface area contributed by atoms with Crippen molar-refractivity contribution in [1.82, 2.24) is 0 Å². The molecule has 2 aliphatic carbocycles. The number of hydrogen-bond donors (Lipinski definition) is 0. The maximum Gasteiger partial charge on any atom is 0.0455 e. The fourth-order valence-corrected chi connectivity index (χ4v) is 5.42. The monoisotopic (exact) mass is 327 g/mol. The molecule has 0 radical (unpaired) electrons. The average molecular weight is 328 g/mol. The lowest BCUT2D eigenvalue weighted by Crippen LogP contribution is -2.43. The summed E-state index contributed by atoms with van der Waals surface area (Å²) in [6.45, 7) is 2.49. The first-order valence-electron chi connectivity index (χ1n) is 7.73. The Balaban J connectivity index is 1.77. The first-order chi connectivity index (χ1) is 9.83. The Morgan fingerprint density at radius 3 is 2.45 bits per heavy atom. The van der Waals surface area contributed by atoms with Crippen molar-refractivity contribution >= 4 is 21.6 Å². The number of nitrogens with zero attached hydrogens (tertiary/aromatic N) is 1. The number of halogens is 1. The van der Waals surface area contributed by atoms with Crippen LogP contribution in [-0.2, 0) is 0 Å². The fourth-order valence-electron chi connectivity index (χ4n) is 4.84. The highest BCUT2D eigenvalue weighted by atomic mass is 79.9. The standard InChI is InChI=1S/C18H18BrN/c19-16-8-7-15-13-5-1-3-11(13)9-20-10-12-4-2-6-14(12)17(16)18(15)20/h1-2,5-8,11-14H,3-4,9-10H2/t11-,12+,13+,14+/m0/s1. The van der Waals surface area contributed by atoms with E-state index in [1.54, 1.807) is 16.8 Å². The molecule has 0 unspecified atom stereocenters. The van der Waals surface area contributed by atoms with Crippen molar-refractivity contribution in [2.75, 3.05) is 18.0 Å². The van der Waals surface area contributed by atoms with Crippen LogP contribution in [0.3, 0.4) is 0 Å². The fraction of sp³-hybridized carbons (Fsp3) is 0.444. The lowest BCUT2D eigenvalue weighted by atomic mass is 9.75. The topological polar surface area (TPSA) is 3.24 Å². The highest BCUT2D eigenvalue weighted by molar-refractivity contribution is 9.10. The van der Waals surface area contributed by atoms with Gasteiger partial charge in [-0.15, -0.1) is 0 Å². The minimum atomic E-state index is 0.637. The van der Waals surface area contributed by atoms with E-state index in [0.29, 0.717) is 11.8 Å². The van der Waals surface area contributed by atoms with Crippen molar-refractivity contribution in [3.63, 3.8) is 0 Å². The summed E-state index contributed by atoms with van der Waals surface area (Å²) in [5.74, 6) is 2.90. The summed E-state index contributed by atoms with van der Waals surface area (Å²) < 4.78 is 1.31. The molecule has 0 amide bonds. The Kier molecular flexibility index (Phi) is 2.33. The minimum Gasteiger partial charge on any atom is -0.370 e. The van der Waals surface area contributed by atoms with Crippen LogP contribution >= 0.6 is 15.9 Å². The van der Waals surface area contributed by atoms with Gasteiger partial charge in [-0.25, -0.2) is 0 Å². The third kappa shape index (κ3) is 1.38. The maximum absolute atomic E-state index is 3.83. The molecule has 2 aliphatic heterocycles. The number of anilines is 1. The van der Waals surface area contributed by atoms with Crippen LogP contribution in [0.1, 0.15) is 35.8 Å². The van der Waals surface area contributed by atoms with Crippen LogP contribution in [0.5, 0.6) is 0 Å². The van der Waals surface area contributed by atoms with Gasteiger partial charge in [0.2, 0.25) is 0 Å². The Morgan fingerprint density at radius 2 is 1.65 bits per heavy atom. The van der Waals surface area contributed by atoms with Gasteiger partial charge >= 0.3 is 0 Å². The normalized spacial score (nSPS) is 36.0. The number of rotatable bonds is 0. The van der Waals surface area contributed by atoms with E-state index in [1.807, 2.05) is 0 Å². The second-order valence-corrected chi connectivity index (χ2v) is 7.56. The molecule has 20 heavy (non-hydrogen) atoms. The lowest BCUT2D eigenvalue weighted by molar-refractivity contribution is 0.410. The molecule has 1 aromatic carbocycles. The van der Waals surface area contributed by atoms with E-state index in [2.05, 4.69) is 57.3 Å². The molecule has 0 saturated carbocycles. The van der Waals surface area contributed by atoms with E-state index in [-0.39, 0.29) is 0 Å². The van der Waals surface area contributed by atoms with Gasteiger partial charge in [0.05, 0.1) is 0 Å². The van der Waals surface area contributed by atoms with Crippen LogP contribution in [0.4, 0.5) is 5.69 Å². The lowest BCUT2D eigenvalue weighted by Gasteiger charge is -2.46. The van der Waals surface area contributed by atoms with Crippen molar-refractivity contribution in [3.05, 3.63) is 52.0 Å². The smallest absolute Gasteiger partial charge is 0.0455 e. The van der Waals surface area contributed by atoms with Gasteiger partial charge in [0.15, 0.2) is 0 Å². The molecule has 5 rings (SSSR count). The maximum atomic E-state index is 3.83. The van der Waals surface area contributed by atoms with E-state index in [0.717, 1.165) is 11.8 Å². The van der Waals surface area contributed by atoms with Gasteiger partial charge in [-0.05, 0) is 41.9 Å². The first kappa shape index (κ1) is 11.6. The summed E-state index contributed by atoms with van der Waals surface area (Å²) in [7, 11) is 0. The Labute approximate surface area is 128 Å². The van der Waals surface area contributed by atoms with E-state index < -0.39 is 0 Å². The van der Waals surface area contributed by atoms with Gasteiger partial charge in [0, 0.05) is 35.1 Å². The molecule has 102 valence electrons. The van der Waals surface area contributed by atoms with Gasteiger partial charge in [-0.1, -0.05) is 46.3 Å². The molecular weight excluding hydrogens is 310 g/mol. The third-order valence-electron chi connectivity index (χ3n) is 5.69. The van der Waals surface area contributed by atoms with Crippen molar-refractivity contribution in [1.29, 1.82) is 0 Å². The van der Waals surface area contributed by atoms with Crippen LogP contribution in [0.2, 0.25) is 0 Å². The number of fused-ring (bicyclic) bond motifs is 4. The van der Waals surface area contributed by atoms with Crippen LogP contribution in [0, 0.1) is 11.8 Å². The molecule has 2 heterocycles. The van der Waals surface area contributed by atoms with Gasteiger partial charge < -0.3 is 4.90 Å². The second-order valence-electron chi connectivity index (χ2n) is 6.70. The van der Waals surface area contributed by atoms with Gasteiger partial charge in [0.1, 0.15) is 0 Å². The first-order valence-corrected chi connectivity index (χ1v) is 8.53. The molecule has 0 bridgehead atoms. The molecule has 0 N–H and O–H groups in total. The quantitative estimate of drug-likeness (QED) is 0.629. The van der Waals surface area contributed by atoms with Crippen LogP contribution in [0.15, 0.2) is 40.9 Å². The molecule has 1 nitrogen and oxygen atoms in total.